The Morgan fingerprint density at radius 1 is 1.36 bits per heavy atom. The number of aryl methyl sites for hydroxylation is 2. The molecule has 1 aromatic carbocycles. The first-order valence-corrected chi connectivity index (χ1v) is 9.02. The highest BCUT2D eigenvalue weighted by molar-refractivity contribution is 7.15. The maximum atomic E-state index is 12.1. The monoisotopic (exact) mass is 355 g/mol. The highest BCUT2D eigenvalue weighted by Crippen LogP contribution is 2.27. The molecule has 3 rings (SSSR count). The molecule has 25 heavy (non-hydrogen) atoms. The molecule has 2 aromatic rings. The van der Waals surface area contributed by atoms with Crippen LogP contribution >= 0.6 is 11.3 Å². The Hall–Kier alpha value is -2.52. The lowest BCUT2D eigenvalue weighted by atomic mass is 10.2. The molecule has 0 bridgehead atoms. The van der Waals surface area contributed by atoms with Crippen LogP contribution in [0.3, 0.4) is 0 Å². The van der Waals surface area contributed by atoms with E-state index >= 15 is 0 Å². The highest BCUT2D eigenvalue weighted by atomic mass is 32.1. The van der Waals surface area contributed by atoms with Crippen LogP contribution in [0.15, 0.2) is 24.3 Å². The molecule has 1 aromatic heterocycles. The summed E-state index contributed by atoms with van der Waals surface area (Å²) in [4.78, 5) is 20.1. The van der Waals surface area contributed by atoms with Gasteiger partial charge in [-0.3, -0.25) is 4.79 Å². The number of methoxy groups -OCH3 is 1. The van der Waals surface area contributed by atoms with Crippen LogP contribution in [-0.4, -0.2) is 37.1 Å². The second kappa shape index (κ2) is 7.58. The fraction of sp³-hybridized carbons (Fsp3) is 0.368. The quantitative estimate of drug-likeness (QED) is 0.860. The number of anilines is 1. The van der Waals surface area contributed by atoms with Crippen LogP contribution in [0, 0.1) is 25.7 Å². The van der Waals surface area contributed by atoms with E-state index in [2.05, 4.69) is 34.0 Å². The number of carbonyl (C=O) groups excluding carboxylic acids is 1. The summed E-state index contributed by atoms with van der Waals surface area (Å²) < 4.78 is 5.10. The predicted octanol–water partition coefficient (Wildman–Crippen LogP) is 2.52. The highest BCUT2D eigenvalue weighted by Gasteiger charge is 2.25. The molecule has 1 N–H and O–H groups in total. The van der Waals surface area contributed by atoms with Gasteiger partial charge in [0.15, 0.2) is 5.13 Å². The van der Waals surface area contributed by atoms with E-state index < -0.39 is 0 Å². The summed E-state index contributed by atoms with van der Waals surface area (Å²) in [6, 6.07) is 7.44. The Kier molecular flexibility index (Phi) is 5.25. The van der Waals surface area contributed by atoms with E-state index in [9.17, 15) is 4.79 Å². The second-order valence-electron chi connectivity index (χ2n) is 6.02. The normalized spacial score (nSPS) is 16.3. The van der Waals surface area contributed by atoms with Gasteiger partial charge in [0.2, 0.25) is 0 Å². The summed E-state index contributed by atoms with van der Waals surface area (Å²) in [5.41, 5.74) is 1.87. The van der Waals surface area contributed by atoms with Crippen molar-refractivity contribution in [3.05, 3.63) is 40.4 Å². The number of nitrogens with zero attached hydrogens (tertiary/aromatic N) is 2. The summed E-state index contributed by atoms with van der Waals surface area (Å²) >= 11 is 1.71. The van der Waals surface area contributed by atoms with Gasteiger partial charge in [-0.15, -0.1) is 11.3 Å². The minimum Gasteiger partial charge on any atom is -0.497 e. The first-order chi connectivity index (χ1) is 12.0. The van der Waals surface area contributed by atoms with Gasteiger partial charge in [0.1, 0.15) is 5.75 Å². The lowest BCUT2D eigenvalue weighted by molar-refractivity contribution is -0.116. The van der Waals surface area contributed by atoms with E-state index in [0.717, 1.165) is 41.6 Å². The van der Waals surface area contributed by atoms with Gasteiger partial charge in [-0.2, -0.15) is 0 Å². The molecule has 1 amide bonds. The van der Waals surface area contributed by atoms with Crippen molar-refractivity contribution < 1.29 is 9.53 Å². The standard InChI is InChI=1S/C19H21N3O2S/c1-13-14(2)25-19(20-13)22-11-10-16(12-22)21-18(23)9-6-15-4-7-17(24-3)8-5-15/h4-5,7-8,16H,10-12H2,1-3H3,(H,21,23). The van der Waals surface area contributed by atoms with E-state index in [1.54, 1.807) is 18.4 Å². The van der Waals surface area contributed by atoms with Crippen molar-refractivity contribution in [3.63, 3.8) is 0 Å². The van der Waals surface area contributed by atoms with Gasteiger partial charge in [0.25, 0.3) is 5.91 Å². The molecule has 6 heteroatoms. The van der Waals surface area contributed by atoms with Gasteiger partial charge >= 0.3 is 0 Å². The maximum Gasteiger partial charge on any atom is 0.296 e. The smallest absolute Gasteiger partial charge is 0.296 e. The van der Waals surface area contributed by atoms with Crippen molar-refractivity contribution >= 4 is 22.4 Å². The van der Waals surface area contributed by atoms with Crippen LogP contribution in [0.25, 0.3) is 0 Å². The molecule has 0 saturated carbocycles. The van der Waals surface area contributed by atoms with Crippen molar-refractivity contribution in [3.8, 4) is 17.6 Å². The minimum absolute atomic E-state index is 0.113. The van der Waals surface area contributed by atoms with Gasteiger partial charge < -0.3 is 15.0 Å². The third-order valence-corrected chi connectivity index (χ3v) is 5.36. The molecule has 0 radical (unpaired) electrons. The molecular weight excluding hydrogens is 334 g/mol. The average Bonchev–Trinajstić information content (AvgIpc) is 3.20. The third kappa shape index (κ3) is 4.31. The number of nitrogens with one attached hydrogen (secondary N) is 1. The molecule has 1 fully saturated rings. The van der Waals surface area contributed by atoms with Crippen molar-refractivity contribution in [1.82, 2.24) is 10.3 Å². The van der Waals surface area contributed by atoms with Gasteiger partial charge in [-0.05, 0) is 44.5 Å². The van der Waals surface area contributed by atoms with E-state index in [1.807, 2.05) is 31.2 Å². The Balaban J connectivity index is 1.54. The number of benzene rings is 1. The summed E-state index contributed by atoms with van der Waals surface area (Å²) in [7, 11) is 1.62. The minimum atomic E-state index is -0.242. The molecule has 2 heterocycles. The van der Waals surface area contributed by atoms with E-state index in [-0.39, 0.29) is 11.9 Å². The van der Waals surface area contributed by atoms with E-state index in [1.165, 1.54) is 4.88 Å². The molecule has 1 aliphatic heterocycles. The van der Waals surface area contributed by atoms with Crippen LogP contribution in [0.4, 0.5) is 5.13 Å². The molecule has 0 spiro atoms. The molecule has 130 valence electrons. The fourth-order valence-corrected chi connectivity index (χ4v) is 3.61. The molecular formula is C19H21N3O2S. The number of aromatic nitrogens is 1. The number of rotatable bonds is 3. The summed E-state index contributed by atoms with van der Waals surface area (Å²) in [6.45, 7) is 5.80. The van der Waals surface area contributed by atoms with Crippen LogP contribution in [0.5, 0.6) is 5.75 Å². The molecule has 1 unspecified atom stereocenters. The van der Waals surface area contributed by atoms with Crippen molar-refractivity contribution in [1.29, 1.82) is 0 Å². The number of carbonyl (C=O) groups is 1. The Morgan fingerprint density at radius 3 is 2.76 bits per heavy atom. The number of amides is 1. The SMILES string of the molecule is COc1ccc(C#CC(=O)NC2CCN(c3nc(C)c(C)s3)C2)cc1. The number of thiazole rings is 1. The fourth-order valence-electron chi connectivity index (χ4n) is 2.67. The largest absolute Gasteiger partial charge is 0.497 e. The van der Waals surface area contributed by atoms with Crippen LogP contribution < -0.4 is 15.0 Å². The lowest BCUT2D eigenvalue weighted by Crippen LogP contribution is -2.36. The molecule has 1 aliphatic rings. The molecule has 5 nitrogen and oxygen atoms in total. The van der Waals surface area contributed by atoms with Gasteiger partial charge in [0, 0.05) is 35.5 Å². The van der Waals surface area contributed by atoms with Crippen LogP contribution in [-0.2, 0) is 4.79 Å². The summed E-state index contributed by atoms with van der Waals surface area (Å²) in [5, 5.41) is 4.03. The molecule has 0 aliphatic carbocycles. The van der Waals surface area contributed by atoms with Crippen molar-refractivity contribution in [2.75, 3.05) is 25.1 Å². The molecule has 1 atom stereocenters. The number of ether oxygens (including phenoxy) is 1. The summed E-state index contributed by atoms with van der Waals surface area (Å²) in [5.74, 6) is 6.07. The topological polar surface area (TPSA) is 54.5 Å². The second-order valence-corrected chi connectivity index (χ2v) is 7.20. The zero-order valence-electron chi connectivity index (χ0n) is 14.6. The number of hydrogen-bond donors (Lipinski definition) is 1. The van der Waals surface area contributed by atoms with Gasteiger partial charge in [-0.1, -0.05) is 5.92 Å². The van der Waals surface area contributed by atoms with E-state index in [4.69, 9.17) is 4.74 Å². The zero-order chi connectivity index (χ0) is 17.8. The Labute approximate surface area is 152 Å². The third-order valence-electron chi connectivity index (χ3n) is 4.22. The summed E-state index contributed by atoms with van der Waals surface area (Å²) in [6.07, 6.45) is 0.910. The molecule has 1 saturated heterocycles. The van der Waals surface area contributed by atoms with Gasteiger partial charge in [-0.25, -0.2) is 4.98 Å². The Bertz CT molecular complexity index is 798. The van der Waals surface area contributed by atoms with Crippen LogP contribution in [0.2, 0.25) is 0 Å². The maximum absolute atomic E-state index is 12.1. The van der Waals surface area contributed by atoms with Crippen molar-refractivity contribution in [2.24, 2.45) is 0 Å². The average molecular weight is 355 g/mol. The first-order valence-electron chi connectivity index (χ1n) is 8.20. The predicted molar refractivity (Wildman–Crippen MR) is 100 cm³/mol. The zero-order valence-corrected chi connectivity index (χ0v) is 15.4. The number of hydrogen-bond acceptors (Lipinski definition) is 5. The Morgan fingerprint density at radius 2 is 2.12 bits per heavy atom. The van der Waals surface area contributed by atoms with Gasteiger partial charge in [0.05, 0.1) is 12.8 Å². The van der Waals surface area contributed by atoms with Crippen molar-refractivity contribution in [2.45, 2.75) is 26.3 Å². The van der Waals surface area contributed by atoms with E-state index in [0.29, 0.717) is 0 Å². The first kappa shape index (κ1) is 17.3. The van der Waals surface area contributed by atoms with Crippen LogP contribution in [0.1, 0.15) is 22.6 Å². The lowest BCUT2D eigenvalue weighted by Gasteiger charge is -2.14.